The molecular formula is C42H54Cl2N4O7. The average Bonchev–Trinajstić information content (AvgIpc) is 3.88. The molecule has 11 nitrogen and oxygen atoms in total. The van der Waals surface area contributed by atoms with Crippen LogP contribution >= 0.6 is 23.2 Å². The molecule has 5 rings (SSSR count). The van der Waals surface area contributed by atoms with E-state index in [1.807, 2.05) is 27.7 Å². The van der Waals surface area contributed by atoms with Crippen molar-refractivity contribution >= 4 is 58.1 Å². The Hall–Kier alpha value is -3.70. The minimum atomic E-state index is -0.966. The number of rotatable bonds is 18. The number of carbonyl (C=O) groups excluding carboxylic acids is 6. The van der Waals surface area contributed by atoms with E-state index in [0.717, 1.165) is 44.9 Å². The predicted octanol–water partition coefficient (Wildman–Crippen LogP) is 7.45. The van der Waals surface area contributed by atoms with Gasteiger partial charge in [-0.2, -0.15) is 0 Å². The van der Waals surface area contributed by atoms with Crippen LogP contribution in [0.5, 0.6) is 5.75 Å². The second kappa shape index (κ2) is 19.0. The Morgan fingerprint density at radius 3 is 2.35 bits per heavy atom. The van der Waals surface area contributed by atoms with Crippen molar-refractivity contribution in [2.45, 2.75) is 129 Å². The minimum Gasteiger partial charge on any atom is -0.487 e. The van der Waals surface area contributed by atoms with E-state index in [-0.39, 0.29) is 61.3 Å². The Morgan fingerprint density at radius 1 is 0.982 bits per heavy atom. The summed E-state index contributed by atoms with van der Waals surface area (Å²) in [6.45, 7) is 7.57. The molecule has 1 aromatic heterocycles. The lowest BCUT2D eigenvalue weighted by molar-refractivity contribution is -0.147. The van der Waals surface area contributed by atoms with Crippen LogP contribution in [-0.4, -0.2) is 74.5 Å². The molecule has 55 heavy (non-hydrogen) atoms. The zero-order valence-corrected chi connectivity index (χ0v) is 33.9. The highest BCUT2D eigenvalue weighted by Crippen LogP contribution is 2.38. The number of benzene rings is 1. The van der Waals surface area contributed by atoms with Crippen LogP contribution in [0.3, 0.4) is 0 Å². The van der Waals surface area contributed by atoms with Gasteiger partial charge < -0.3 is 15.0 Å². The summed E-state index contributed by atoms with van der Waals surface area (Å²) in [5.41, 5.74) is -0.629. The van der Waals surface area contributed by atoms with E-state index < -0.39 is 58.8 Å². The molecule has 2 aliphatic carbocycles. The third kappa shape index (κ3) is 11.4. The first-order valence-corrected chi connectivity index (χ1v) is 20.5. The first-order chi connectivity index (χ1) is 26.2. The molecule has 0 spiro atoms. The Balaban J connectivity index is 1.41. The minimum absolute atomic E-state index is 0.0291. The number of aromatic nitrogens is 2. The molecule has 13 heteroatoms. The van der Waals surface area contributed by atoms with E-state index in [4.69, 9.17) is 27.9 Å². The Bertz CT molecular complexity index is 1720. The number of Topliss-reactive ketones (excluding diaryl/α,β-unsaturated/α-hetero) is 4. The third-order valence-electron chi connectivity index (χ3n) is 11.3. The molecule has 2 amide bonds. The zero-order chi connectivity index (χ0) is 39.9. The van der Waals surface area contributed by atoms with Crippen molar-refractivity contribution in [1.29, 1.82) is 0 Å². The SMILES string of the molecule is CCC[C@H](CC(=O)C1C[C@@H](Oc2cc(Cl)ccc2Cl)CN1C(=O)[C@@H](CC(=O)[C@@H](NC(=O)c1cnccn1)C1CCCCC1)C(C)(C)C)C(=O)C(=O)CC1CC1. The van der Waals surface area contributed by atoms with Crippen molar-refractivity contribution in [2.75, 3.05) is 6.54 Å². The summed E-state index contributed by atoms with van der Waals surface area (Å²) < 4.78 is 6.28. The van der Waals surface area contributed by atoms with Gasteiger partial charge in [-0.25, -0.2) is 4.98 Å². The molecular weight excluding hydrogens is 743 g/mol. The van der Waals surface area contributed by atoms with Crippen molar-refractivity contribution in [1.82, 2.24) is 20.2 Å². The summed E-state index contributed by atoms with van der Waals surface area (Å²) in [5.74, 6) is -3.66. The van der Waals surface area contributed by atoms with Crippen LogP contribution in [0.15, 0.2) is 36.8 Å². The summed E-state index contributed by atoms with van der Waals surface area (Å²) in [4.78, 5) is 92.7. The van der Waals surface area contributed by atoms with Gasteiger partial charge in [-0.3, -0.25) is 33.8 Å². The maximum Gasteiger partial charge on any atom is 0.272 e. The third-order valence-corrected chi connectivity index (χ3v) is 11.9. The standard InChI is InChI=1S/C42H54Cl2N4O7/c1-5-9-27(39(52)36(51)18-25-12-13-25)19-34(49)33-21-29(55-37-20-28(43)14-15-31(37)44)24-48(33)41(54)30(42(2,3)4)22-35(50)38(26-10-7-6-8-11-26)47-40(53)32-23-45-16-17-46-32/h14-17,20,23,25-27,29-30,33,38H,5-13,18-19,21-22,24H2,1-4H3,(H,47,53)/t27-,29-,30-,33?,38+/m1/s1. The van der Waals surface area contributed by atoms with Crippen LogP contribution in [0.25, 0.3) is 0 Å². The number of ether oxygens (including phenoxy) is 1. The highest BCUT2D eigenvalue weighted by molar-refractivity contribution is 6.38. The van der Waals surface area contributed by atoms with E-state index in [1.54, 1.807) is 18.2 Å². The predicted molar refractivity (Wildman–Crippen MR) is 209 cm³/mol. The number of nitrogens with zero attached hydrogens (tertiary/aromatic N) is 3. The number of nitrogens with one attached hydrogen (secondary N) is 1. The van der Waals surface area contributed by atoms with Crippen molar-refractivity contribution in [3.63, 3.8) is 0 Å². The van der Waals surface area contributed by atoms with Gasteiger partial charge in [-0.05, 0) is 61.5 Å². The van der Waals surface area contributed by atoms with E-state index in [9.17, 15) is 28.8 Å². The highest BCUT2D eigenvalue weighted by atomic mass is 35.5. The summed E-state index contributed by atoms with van der Waals surface area (Å²) in [7, 11) is 0. The van der Waals surface area contributed by atoms with E-state index >= 15 is 0 Å². The van der Waals surface area contributed by atoms with Crippen LogP contribution in [-0.2, 0) is 24.0 Å². The summed E-state index contributed by atoms with van der Waals surface area (Å²) in [5, 5.41) is 3.65. The van der Waals surface area contributed by atoms with Gasteiger partial charge in [-0.1, -0.05) is 76.6 Å². The highest BCUT2D eigenvalue weighted by Gasteiger charge is 2.47. The van der Waals surface area contributed by atoms with E-state index in [2.05, 4.69) is 15.3 Å². The van der Waals surface area contributed by atoms with Gasteiger partial charge in [0.25, 0.3) is 5.91 Å². The molecule has 1 saturated heterocycles. The normalized spacial score (nSPS) is 20.7. The molecule has 1 aromatic carbocycles. The molecule has 298 valence electrons. The number of halogens is 2. The quantitative estimate of drug-likeness (QED) is 0.152. The molecule has 1 unspecified atom stereocenters. The molecule has 1 aliphatic heterocycles. The van der Waals surface area contributed by atoms with Gasteiger partial charge in [-0.15, -0.1) is 0 Å². The maximum absolute atomic E-state index is 14.9. The number of carbonyl (C=O) groups is 6. The maximum atomic E-state index is 14.9. The lowest BCUT2D eigenvalue weighted by atomic mass is 9.74. The number of likely N-dealkylation sites (tertiary alicyclic amines) is 1. The summed E-state index contributed by atoms with van der Waals surface area (Å²) in [6.07, 6.45) is 10.8. The molecule has 3 aliphatic rings. The fraction of sp³-hybridized carbons (Fsp3) is 0.619. The Labute approximate surface area is 334 Å². The van der Waals surface area contributed by atoms with Crippen molar-refractivity contribution in [3.05, 3.63) is 52.5 Å². The van der Waals surface area contributed by atoms with E-state index in [0.29, 0.717) is 28.6 Å². The van der Waals surface area contributed by atoms with Crippen LogP contribution < -0.4 is 10.1 Å². The van der Waals surface area contributed by atoms with Gasteiger partial charge in [0.1, 0.15) is 17.5 Å². The number of ketones is 4. The molecule has 0 bridgehead atoms. The lowest BCUT2D eigenvalue weighted by Gasteiger charge is -2.36. The van der Waals surface area contributed by atoms with Crippen LogP contribution in [0.4, 0.5) is 0 Å². The summed E-state index contributed by atoms with van der Waals surface area (Å²) >= 11 is 12.7. The monoisotopic (exact) mass is 796 g/mol. The molecule has 2 saturated carbocycles. The number of hydrogen-bond acceptors (Lipinski definition) is 9. The zero-order valence-electron chi connectivity index (χ0n) is 32.4. The first-order valence-electron chi connectivity index (χ1n) is 19.8. The van der Waals surface area contributed by atoms with E-state index in [1.165, 1.54) is 23.5 Å². The van der Waals surface area contributed by atoms with Crippen LogP contribution in [0.1, 0.15) is 122 Å². The van der Waals surface area contributed by atoms with Gasteiger partial charge in [0.15, 0.2) is 17.3 Å². The molecule has 1 N–H and O–H groups in total. The number of amides is 2. The van der Waals surface area contributed by atoms with Gasteiger partial charge in [0.2, 0.25) is 11.7 Å². The van der Waals surface area contributed by atoms with Crippen LogP contribution in [0.2, 0.25) is 10.0 Å². The topological polar surface area (TPSA) is 153 Å². The lowest BCUT2D eigenvalue weighted by Crippen LogP contribution is -2.51. The molecule has 2 heterocycles. The largest absolute Gasteiger partial charge is 0.487 e. The first kappa shape index (κ1) is 42.4. The van der Waals surface area contributed by atoms with Crippen LogP contribution in [0, 0.1) is 29.1 Å². The average molecular weight is 798 g/mol. The molecule has 0 radical (unpaired) electrons. The summed E-state index contributed by atoms with van der Waals surface area (Å²) in [6, 6.07) is 3.01. The number of hydrogen-bond donors (Lipinski definition) is 1. The smallest absolute Gasteiger partial charge is 0.272 e. The van der Waals surface area contributed by atoms with Crippen molar-refractivity contribution in [2.24, 2.45) is 29.1 Å². The second-order valence-corrected chi connectivity index (χ2v) is 17.5. The van der Waals surface area contributed by atoms with Crippen molar-refractivity contribution in [3.8, 4) is 5.75 Å². The fourth-order valence-corrected chi connectivity index (χ4v) is 8.32. The molecule has 3 fully saturated rings. The second-order valence-electron chi connectivity index (χ2n) is 16.7. The van der Waals surface area contributed by atoms with Gasteiger partial charge in [0, 0.05) is 61.0 Å². The van der Waals surface area contributed by atoms with Gasteiger partial charge >= 0.3 is 0 Å². The molecule has 5 atom stereocenters. The Morgan fingerprint density at radius 2 is 1.71 bits per heavy atom. The van der Waals surface area contributed by atoms with Gasteiger partial charge in [0.05, 0.1) is 29.8 Å². The Kier molecular flexibility index (Phi) is 14.6. The molecule has 2 aromatic rings. The fourth-order valence-electron chi connectivity index (χ4n) is 8.00. The van der Waals surface area contributed by atoms with Crippen molar-refractivity contribution < 1.29 is 33.5 Å².